The molecule has 0 amide bonds. The van der Waals surface area contributed by atoms with Crippen molar-refractivity contribution in [2.24, 2.45) is 17.8 Å². The monoisotopic (exact) mass is 708 g/mol. The summed E-state index contributed by atoms with van der Waals surface area (Å²) in [6, 6.07) is 40.4. The van der Waals surface area contributed by atoms with E-state index in [1.807, 2.05) is 97.9 Å². The summed E-state index contributed by atoms with van der Waals surface area (Å²) < 4.78 is 28.7. The molecule has 4 aromatic carbocycles. The average Bonchev–Trinajstić information content (AvgIpc) is 3.49. The molecule has 1 saturated carbocycles. The minimum Gasteiger partial charge on any atom is -0.381 e. The summed E-state index contributed by atoms with van der Waals surface area (Å²) >= 11 is 0. The Hall–Kier alpha value is -4.43. The SMILES string of the molecule is C.C=C(C)[C@]12C[C@@H](C)[C@@]34OC(c5ccccc5)(O[C@@H]1[C@@H]3C=C(COC(c1ccccc1)(c1ccccc1)c1ccccc1)C[C@]1(O)C(=O)C(C)=C[C@@H]41)O2. The second kappa shape index (κ2) is 12.6. The zero-order valence-corrected chi connectivity index (χ0v) is 29.8. The van der Waals surface area contributed by atoms with Gasteiger partial charge in [0.1, 0.15) is 22.9 Å². The van der Waals surface area contributed by atoms with Gasteiger partial charge in [-0.25, -0.2) is 0 Å². The number of fused-ring (bicyclic) bond motifs is 2. The Morgan fingerprint density at radius 3 is 1.91 bits per heavy atom. The van der Waals surface area contributed by atoms with E-state index in [9.17, 15) is 9.90 Å². The van der Waals surface area contributed by atoms with Crippen molar-refractivity contribution in [3.8, 4) is 0 Å². The predicted octanol–water partition coefficient (Wildman–Crippen LogP) is 8.80. The fourth-order valence-electron chi connectivity index (χ4n) is 10.2. The topological polar surface area (TPSA) is 74.2 Å². The van der Waals surface area contributed by atoms with E-state index in [1.165, 1.54) is 0 Å². The normalized spacial score (nSPS) is 33.9. The van der Waals surface area contributed by atoms with Gasteiger partial charge in [0.25, 0.3) is 0 Å². The maximum atomic E-state index is 14.3. The standard InChI is InChI=1S/C46H44O6.CH4/c1-30(2)43-27-32(4)44-38(41(43)50-46(51-43,52-44)37-23-15-8-16-24-37)26-33(28-42(48)39(44)25-31(3)40(42)47)29-49-45(34-17-9-5-10-18-34,35-19-11-6-12-20-35)36-21-13-7-14-22-36;/h5-26,32,38-39,41,48H,1,27-29H2,2-4H3;1H4/t32-,38+,39-,41-,42-,43-,44-,46?;/m1./s1. The van der Waals surface area contributed by atoms with Gasteiger partial charge in [0.2, 0.25) is 0 Å². The molecule has 0 aromatic heterocycles. The van der Waals surface area contributed by atoms with Gasteiger partial charge in [-0.05, 0) is 59.6 Å². The van der Waals surface area contributed by atoms with Crippen LogP contribution in [-0.2, 0) is 35.3 Å². The van der Waals surface area contributed by atoms with Gasteiger partial charge in [-0.2, -0.15) is 0 Å². The van der Waals surface area contributed by atoms with E-state index in [2.05, 4.69) is 56.0 Å². The van der Waals surface area contributed by atoms with Crippen molar-refractivity contribution in [1.29, 1.82) is 0 Å². The van der Waals surface area contributed by atoms with Crippen LogP contribution in [0.5, 0.6) is 0 Å². The first-order valence-corrected chi connectivity index (χ1v) is 18.3. The largest absolute Gasteiger partial charge is 0.381 e. The van der Waals surface area contributed by atoms with Crippen LogP contribution in [-0.4, -0.2) is 40.4 Å². The summed E-state index contributed by atoms with van der Waals surface area (Å²) in [6.07, 6.45) is 4.31. The number of Topliss-reactive ketones (excluding diaryl/α,β-unsaturated/α-hetero) is 1. The first-order chi connectivity index (χ1) is 25.1. The number of rotatable bonds is 8. The fourth-order valence-corrected chi connectivity index (χ4v) is 10.2. The van der Waals surface area contributed by atoms with E-state index in [0.29, 0.717) is 12.0 Å². The molecule has 1 N–H and O–H groups in total. The van der Waals surface area contributed by atoms with Crippen LogP contribution in [0.3, 0.4) is 0 Å². The highest BCUT2D eigenvalue weighted by Crippen LogP contribution is 2.70. The second-order valence-electron chi connectivity index (χ2n) is 15.5. The predicted molar refractivity (Wildman–Crippen MR) is 205 cm³/mol. The molecule has 6 nitrogen and oxygen atoms in total. The first-order valence-electron chi connectivity index (χ1n) is 18.3. The van der Waals surface area contributed by atoms with Gasteiger partial charge in [-0.1, -0.05) is 154 Å². The Balaban J connectivity index is 0.00000400. The van der Waals surface area contributed by atoms with Crippen LogP contribution < -0.4 is 0 Å². The van der Waals surface area contributed by atoms with Crippen LogP contribution >= 0.6 is 0 Å². The Bertz CT molecular complexity index is 2000. The lowest BCUT2D eigenvalue weighted by molar-refractivity contribution is -0.433. The van der Waals surface area contributed by atoms with Gasteiger partial charge in [0.05, 0.1) is 12.2 Å². The highest BCUT2D eigenvalue weighted by atomic mass is 16.9. The molecule has 2 heterocycles. The van der Waals surface area contributed by atoms with Gasteiger partial charge in [-0.3, -0.25) is 4.79 Å². The summed E-state index contributed by atoms with van der Waals surface area (Å²) in [5.74, 6) is -2.99. The van der Waals surface area contributed by atoms with Crippen LogP contribution in [0.15, 0.2) is 157 Å². The number of ketones is 1. The van der Waals surface area contributed by atoms with Gasteiger partial charge >= 0.3 is 5.97 Å². The maximum Gasteiger partial charge on any atom is 0.313 e. The maximum absolute atomic E-state index is 14.3. The van der Waals surface area contributed by atoms with E-state index in [1.54, 1.807) is 6.92 Å². The number of benzene rings is 4. The minimum absolute atomic E-state index is 0. The smallest absolute Gasteiger partial charge is 0.313 e. The third-order valence-electron chi connectivity index (χ3n) is 12.5. The summed E-state index contributed by atoms with van der Waals surface area (Å²) in [6.45, 7) is 10.5. The van der Waals surface area contributed by atoms with Crippen molar-refractivity contribution in [3.05, 3.63) is 179 Å². The molecule has 2 saturated heterocycles. The van der Waals surface area contributed by atoms with Gasteiger partial charge in [0.15, 0.2) is 5.78 Å². The molecule has 0 spiro atoms. The second-order valence-corrected chi connectivity index (χ2v) is 15.5. The van der Waals surface area contributed by atoms with Crippen LogP contribution in [0.4, 0.5) is 0 Å². The Morgan fingerprint density at radius 2 is 1.38 bits per heavy atom. The molecule has 3 fully saturated rings. The lowest BCUT2D eigenvalue weighted by Crippen LogP contribution is -2.70. The quantitative estimate of drug-likeness (QED) is 0.146. The number of carbonyl (C=O) groups is 1. The molecule has 5 aliphatic rings. The molecule has 9 rings (SSSR count). The van der Waals surface area contributed by atoms with Crippen LogP contribution in [0.25, 0.3) is 0 Å². The third kappa shape index (κ3) is 4.86. The van der Waals surface area contributed by atoms with E-state index in [-0.39, 0.29) is 38.1 Å². The van der Waals surface area contributed by atoms with Crippen LogP contribution in [0, 0.1) is 17.8 Å². The highest BCUT2D eigenvalue weighted by Gasteiger charge is 2.79. The van der Waals surface area contributed by atoms with E-state index >= 15 is 0 Å². The molecule has 3 bridgehead atoms. The lowest BCUT2D eigenvalue weighted by Gasteiger charge is -2.59. The van der Waals surface area contributed by atoms with Crippen molar-refractivity contribution < 1.29 is 28.8 Å². The van der Waals surface area contributed by atoms with E-state index in [0.717, 1.165) is 33.4 Å². The lowest BCUT2D eigenvalue weighted by atomic mass is 9.55. The highest BCUT2D eigenvalue weighted by molar-refractivity contribution is 6.04. The molecule has 4 aromatic rings. The summed E-state index contributed by atoms with van der Waals surface area (Å²) in [7, 11) is 0. The molecule has 53 heavy (non-hydrogen) atoms. The van der Waals surface area contributed by atoms with Crippen molar-refractivity contribution in [3.63, 3.8) is 0 Å². The van der Waals surface area contributed by atoms with Crippen LogP contribution in [0.1, 0.15) is 63.3 Å². The number of hydrogen-bond acceptors (Lipinski definition) is 6. The molecular weight excluding hydrogens is 661 g/mol. The van der Waals surface area contributed by atoms with Gasteiger partial charge in [0, 0.05) is 23.8 Å². The zero-order chi connectivity index (χ0) is 35.9. The molecule has 8 atom stereocenters. The summed E-state index contributed by atoms with van der Waals surface area (Å²) in [5.41, 5.74) is 1.22. The Labute approximate surface area is 312 Å². The Kier molecular flexibility index (Phi) is 8.45. The molecule has 6 heteroatoms. The number of hydrogen-bond donors (Lipinski definition) is 1. The molecule has 1 unspecified atom stereocenters. The fraction of sp³-hybridized carbons (Fsp3) is 0.340. The number of carbonyl (C=O) groups excluding carboxylic acids is 1. The third-order valence-corrected chi connectivity index (χ3v) is 12.5. The van der Waals surface area contributed by atoms with Crippen molar-refractivity contribution in [2.45, 2.75) is 75.5 Å². The molecular formula is C47H48O6. The van der Waals surface area contributed by atoms with Crippen molar-refractivity contribution in [1.82, 2.24) is 0 Å². The summed E-state index contributed by atoms with van der Waals surface area (Å²) in [4.78, 5) is 14.3. The van der Waals surface area contributed by atoms with Crippen molar-refractivity contribution in [2.75, 3.05) is 6.61 Å². The number of aliphatic hydroxyl groups is 1. The van der Waals surface area contributed by atoms with Gasteiger partial charge < -0.3 is 24.1 Å². The first kappa shape index (κ1) is 35.6. The minimum atomic E-state index is -1.75. The summed E-state index contributed by atoms with van der Waals surface area (Å²) in [5, 5.41) is 12.9. The molecule has 3 aliphatic carbocycles. The van der Waals surface area contributed by atoms with Crippen LogP contribution in [0.2, 0.25) is 0 Å². The zero-order valence-electron chi connectivity index (χ0n) is 29.8. The van der Waals surface area contributed by atoms with E-state index in [4.69, 9.17) is 18.9 Å². The molecule has 272 valence electrons. The Morgan fingerprint density at radius 1 is 0.849 bits per heavy atom. The molecule has 2 aliphatic heterocycles. The van der Waals surface area contributed by atoms with E-state index < -0.39 is 40.4 Å². The number of ether oxygens (including phenoxy) is 4. The average molecular weight is 709 g/mol. The van der Waals surface area contributed by atoms with Crippen molar-refractivity contribution >= 4 is 5.78 Å². The molecule has 0 radical (unpaired) electrons. The van der Waals surface area contributed by atoms with Gasteiger partial charge in [-0.15, -0.1) is 0 Å².